The van der Waals surface area contributed by atoms with E-state index in [1.807, 2.05) is 23.9 Å². The number of nitrogens with zero attached hydrogens (tertiary/aromatic N) is 2. The monoisotopic (exact) mass is 310 g/mol. The van der Waals surface area contributed by atoms with E-state index in [-0.39, 0.29) is 0 Å². The molecular weight excluding hydrogens is 296 g/mol. The van der Waals surface area contributed by atoms with Crippen molar-refractivity contribution in [3.8, 4) is 0 Å². The number of aliphatic carboxylic acids is 1. The maximum Gasteiger partial charge on any atom is 0.310 e. The number of hydrogen-bond acceptors (Lipinski definition) is 3. The van der Waals surface area contributed by atoms with Gasteiger partial charge in [0.05, 0.1) is 11.6 Å². The Morgan fingerprint density at radius 2 is 2.20 bits per heavy atom. The molecule has 2 aromatic rings. The molecule has 1 unspecified atom stereocenters. The molecule has 1 heterocycles. The van der Waals surface area contributed by atoms with E-state index in [0.717, 1.165) is 10.5 Å². The Labute approximate surface area is 126 Å². The zero-order chi connectivity index (χ0) is 14.9. The molecule has 0 fully saturated rings. The van der Waals surface area contributed by atoms with Crippen LogP contribution in [0.15, 0.2) is 28.6 Å². The van der Waals surface area contributed by atoms with Crippen molar-refractivity contribution in [2.75, 3.05) is 0 Å². The van der Waals surface area contributed by atoms with E-state index in [4.69, 9.17) is 16.7 Å². The number of aromatic nitrogens is 1. The van der Waals surface area contributed by atoms with Gasteiger partial charge < -0.3 is 9.67 Å². The van der Waals surface area contributed by atoms with E-state index >= 15 is 0 Å². The maximum atomic E-state index is 11.0. The minimum absolute atomic E-state index is 0.428. The Bertz CT molecular complexity index is 718. The zero-order valence-corrected chi connectivity index (χ0v) is 13.0. The average molecular weight is 311 g/mol. The van der Waals surface area contributed by atoms with Crippen LogP contribution in [0.4, 0.5) is 5.69 Å². The lowest BCUT2D eigenvalue weighted by Gasteiger charge is -2.09. The molecule has 0 aliphatic rings. The largest absolute Gasteiger partial charge is 0.481 e. The van der Waals surface area contributed by atoms with Gasteiger partial charge >= 0.3 is 5.97 Å². The van der Waals surface area contributed by atoms with Crippen molar-refractivity contribution >= 4 is 34.6 Å². The molecule has 0 amide bonds. The number of aryl methyl sites for hydroxylation is 1. The quantitative estimate of drug-likeness (QED) is 0.943. The van der Waals surface area contributed by atoms with E-state index in [1.165, 1.54) is 0 Å². The summed E-state index contributed by atoms with van der Waals surface area (Å²) >= 11 is 7.70. The van der Waals surface area contributed by atoms with Gasteiger partial charge in [-0.3, -0.25) is 4.79 Å². The summed E-state index contributed by atoms with van der Waals surface area (Å²) in [7, 11) is 1.95. The molecule has 1 aromatic carbocycles. The smallest absolute Gasteiger partial charge is 0.310 e. The second kappa shape index (κ2) is 5.81. The molecule has 0 saturated carbocycles. The van der Waals surface area contributed by atoms with Crippen molar-refractivity contribution in [1.82, 2.24) is 4.57 Å². The Kier molecular flexibility index (Phi) is 4.30. The van der Waals surface area contributed by atoms with E-state index in [0.29, 0.717) is 16.3 Å². The van der Waals surface area contributed by atoms with Gasteiger partial charge in [-0.05, 0) is 31.5 Å². The molecule has 20 heavy (non-hydrogen) atoms. The SMILES string of the molecule is Cc1csc(=Nc2ccc(C(C)C(=O)O)c(Cl)c2)n1C. The van der Waals surface area contributed by atoms with Crippen LogP contribution < -0.4 is 4.80 Å². The number of halogens is 1. The van der Waals surface area contributed by atoms with Crippen molar-refractivity contribution in [2.45, 2.75) is 19.8 Å². The predicted molar refractivity (Wildman–Crippen MR) is 80.8 cm³/mol. The second-order valence-electron chi connectivity index (χ2n) is 4.60. The molecule has 1 aromatic heterocycles. The average Bonchev–Trinajstić information content (AvgIpc) is 2.70. The molecule has 106 valence electrons. The molecule has 6 heteroatoms. The number of hydrogen-bond donors (Lipinski definition) is 1. The standard InChI is InChI=1S/C14H15ClN2O2S/c1-8-7-20-14(17(8)3)16-10-4-5-11(12(15)6-10)9(2)13(18)19/h4-7,9H,1-3H3,(H,18,19). The minimum Gasteiger partial charge on any atom is -0.481 e. The summed E-state index contributed by atoms with van der Waals surface area (Å²) in [6, 6.07) is 5.21. The molecule has 1 atom stereocenters. The summed E-state index contributed by atoms with van der Waals surface area (Å²) in [5, 5.41) is 11.5. The fraction of sp³-hybridized carbons (Fsp3) is 0.286. The fourth-order valence-corrected chi connectivity index (χ4v) is 2.96. The van der Waals surface area contributed by atoms with Crippen molar-refractivity contribution < 1.29 is 9.90 Å². The minimum atomic E-state index is -0.892. The van der Waals surface area contributed by atoms with Gasteiger partial charge in [-0.2, -0.15) is 0 Å². The molecular formula is C14H15ClN2O2S. The number of carboxylic acid groups (broad SMARTS) is 1. The summed E-state index contributed by atoms with van der Waals surface area (Å²) in [6.45, 7) is 3.63. The fourth-order valence-electron chi connectivity index (χ4n) is 1.73. The van der Waals surface area contributed by atoms with E-state index in [1.54, 1.807) is 36.5 Å². The molecule has 0 aliphatic heterocycles. The summed E-state index contributed by atoms with van der Waals surface area (Å²) in [4.78, 5) is 16.4. The normalized spacial score (nSPS) is 13.5. The lowest BCUT2D eigenvalue weighted by Crippen LogP contribution is -2.11. The van der Waals surface area contributed by atoms with Crippen LogP contribution in [-0.4, -0.2) is 15.6 Å². The highest BCUT2D eigenvalue weighted by Crippen LogP contribution is 2.28. The van der Waals surface area contributed by atoms with Crippen LogP contribution in [0.3, 0.4) is 0 Å². The number of carboxylic acids is 1. The summed E-state index contributed by atoms with van der Waals surface area (Å²) in [5.41, 5.74) is 2.45. The summed E-state index contributed by atoms with van der Waals surface area (Å²) in [5.74, 6) is -1.52. The topological polar surface area (TPSA) is 54.6 Å². The molecule has 1 N–H and O–H groups in total. The van der Waals surface area contributed by atoms with Gasteiger partial charge in [0, 0.05) is 23.1 Å². The molecule has 0 aliphatic carbocycles. The van der Waals surface area contributed by atoms with E-state index < -0.39 is 11.9 Å². The second-order valence-corrected chi connectivity index (χ2v) is 5.84. The summed E-state index contributed by atoms with van der Waals surface area (Å²) < 4.78 is 1.99. The van der Waals surface area contributed by atoms with E-state index in [2.05, 4.69) is 4.99 Å². The first-order valence-electron chi connectivity index (χ1n) is 6.08. The Hall–Kier alpha value is -1.59. The molecule has 0 radical (unpaired) electrons. The van der Waals surface area contributed by atoms with Crippen LogP contribution >= 0.6 is 22.9 Å². The Morgan fingerprint density at radius 3 is 2.70 bits per heavy atom. The highest BCUT2D eigenvalue weighted by Gasteiger charge is 2.16. The number of benzene rings is 1. The molecule has 0 spiro atoms. The molecule has 0 bridgehead atoms. The van der Waals surface area contributed by atoms with Gasteiger partial charge in [-0.1, -0.05) is 17.7 Å². The third-order valence-electron chi connectivity index (χ3n) is 3.20. The Morgan fingerprint density at radius 1 is 1.50 bits per heavy atom. The van der Waals surface area contributed by atoms with Gasteiger partial charge in [0.1, 0.15) is 0 Å². The van der Waals surface area contributed by atoms with Crippen LogP contribution in [0.5, 0.6) is 0 Å². The first-order valence-corrected chi connectivity index (χ1v) is 7.34. The van der Waals surface area contributed by atoms with Gasteiger partial charge in [0.2, 0.25) is 0 Å². The van der Waals surface area contributed by atoms with Crippen LogP contribution in [0, 0.1) is 6.92 Å². The molecule has 2 rings (SSSR count). The van der Waals surface area contributed by atoms with Gasteiger partial charge in [-0.15, -0.1) is 11.3 Å². The number of carbonyl (C=O) groups is 1. The van der Waals surface area contributed by atoms with Crippen molar-refractivity contribution in [3.05, 3.63) is 44.7 Å². The third-order valence-corrected chi connectivity index (χ3v) is 4.56. The maximum absolute atomic E-state index is 11.0. The highest BCUT2D eigenvalue weighted by molar-refractivity contribution is 7.07. The lowest BCUT2D eigenvalue weighted by atomic mass is 10.0. The number of rotatable bonds is 3. The van der Waals surface area contributed by atoms with Gasteiger partial charge in [-0.25, -0.2) is 4.99 Å². The number of thiazole rings is 1. The highest BCUT2D eigenvalue weighted by atomic mass is 35.5. The van der Waals surface area contributed by atoms with Crippen molar-refractivity contribution in [2.24, 2.45) is 12.0 Å². The van der Waals surface area contributed by atoms with Crippen molar-refractivity contribution in [1.29, 1.82) is 0 Å². The summed E-state index contributed by atoms with van der Waals surface area (Å²) in [6.07, 6.45) is 0. The molecule has 0 saturated heterocycles. The lowest BCUT2D eigenvalue weighted by molar-refractivity contribution is -0.138. The van der Waals surface area contributed by atoms with Crippen LogP contribution in [0.25, 0.3) is 0 Å². The zero-order valence-electron chi connectivity index (χ0n) is 11.4. The van der Waals surface area contributed by atoms with Crippen LogP contribution in [0.1, 0.15) is 24.1 Å². The van der Waals surface area contributed by atoms with Crippen LogP contribution in [-0.2, 0) is 11.8 Å². The Balaban J connectivity index is 2.42. The molecule has 4 nitrogen and oxygen atoms in total. The van der Waals surface area contributed by atoms with Crippen molar-refractivity contribution in [3.63, 3.8) is 0 Å². The van der Waals surface area contributed by atoms with Gasteiger partial charge in [0.25, 0.3) is 0 Å². The van der Waals surface area contributed by atoms with Gasteiger partial charge in [0.15, 0.2) is 4.80 Å². The first-order chi connectivity index (χ1) is 9.40. The third kappa shape index (κ3) is 2.94. The van der Waals surface area contributed by atoms with E-state index in [9.17, 15) is 4.79 Å². The first kappa shape index (κ1) is 14.8. The van der Waals surface area contributed by atoms with Crippen LogP contribution in [0.2, 0.25) is 5.02 Å². The predicted octanol–water partition coefficient (Wildman–Crippen LogP) is 3.47.